The van der Waals surface area contributed by atoms with E-state index in [9.17, 15) is 0 Å². The first-order chi connectivity index (χ1) is 9.32. The van der Waals surface area contributed by atoms with Crippen molar-refractivity contribution in [3.63, 3.8) is 0 Å². The van der Waals surface area contributed by atoms with E-state index >= 15 is 0 Å². The maximum absolute atomic E-state index is 8.94. The van der Waals surface area contributed by atoms with Crippen molar-refractivity contribution < 1.29 is 0 Å². The van der Waals surface area contributed by atoms with Crippen LogP contribution in [0.2, 0.25) is 0 Å². The molecule has 0 saturated heterocycles. The zero-order valence-corrected chi connectivity index (χ0v) is 14.6. The molecule has 0 saturated carbocycles. The minimum atomic E-state index is -0.183. The van der Waals surface area contributed by atoms with Gasteiger partial charge in [0.1, 0.15) is 11.8 Å². The number of rotatable bonds is 2. The number of aromatic nitrogens is 1. The Bertz CT molecular complexity index is 700. The van der Waals surface area contributed by atoms with Gasteiger partial charge >= 0.3 is 0 Å². The third-order valence-corrected chi connectivity index (χ3v) is 4.05. The van der Waals surface area contributed by atoms with Crippen LogP contribution in [-0.2, 0) is 4.64 Å². The Kier molecular flexibility index (Phi) is 4.41. The van der Waals surface area contributed by atoms with Crippen LogP contribution in [0.3, 0.4) is 0 Å². The summed E-state index contributed by atoms with van der Waals surface area (Å²) in [6.07, 6.45) is 1.69. The Labute approximate surface area is 126 Å². The molecule has 0 aliphatic carbocycles. The fourth-order valence-corrected chi connectivity index (χ4v) is 2.45. The number of anilines is 1. The molecule has 0 amide bonds. The molecule has 0 aliphatic heterocycles. The molecule has 0 fully saturated rings. The van der Waals surface area contributed by atoms with Gasteiger partial charge in [-0.3, -0.25) is 0 Å². The molecule has 3 unspecified atom stereocenters. The molecule has 2 rings (SSSR count). The Morgan fingerprint density at radius 1 is 1.25 bits per heavy atom. The van der Waals surface area contributed by atoms with Gasteiger partial charge in [-0.15, -0.1) is 27.7 Å². The molecule has 6 heteroatoms. The molecule has 1 heterocycles. The molecular weight excluding hydrogens is 303 g/mol. The summed E-state index contributed by atoms with van der Waals surface area (Å²) in [6.45, 7) is 1.88. The molecule has 3 nitrogen and oxygen atoms in total. The van der Waals surface area contributed by atoms with Crippen LogP contribution >= 0.6 is 27.7 Å². The van der Waals surface area contributed by atoms with Gasteiger partial charge in [0.05, 0.1) is 0 Å². The second-order valence-corrected chi connectivity index (χ2v) is 9.60. The molecule has 1 aromatic carbocycles. The summed E-state index contributed by atoms with van der Waals surface area (Å²) < 4.78 is -0.183. The summed E-state index contributed by atoms with van der Waals surface area (Å²) in [6, 6.07) is 9.95. The van der Waals surface area contributed by atoms with Gasteiger partial charge in [0.2, 0.25) is 0 Å². The zero-order chi connectivity index (χ0) is 14.9. The Morgan fingerprint density at radius 3 is 2.50 bits per heavy atom. The maximum atomic E-state index is 8.94. The van der Waals surface area contributed by atoms with Gasteiger partial charge in [-0.2, -0.15) is 5.26 Å². The average molecular weight is 319 g/mol. The highest BCUT2D eigenvalue weighted by Gasteiger charge is 2.16. The molecule has 2 aromatic rings. The molecule has 102 valence electrons. The lowest BCUT2D eigenvalue weighted by Crippen LogP contribution is -2.00. The molecule has 3 atom stereocenters. The molecular formula is C14H16N3P3. The summed E-state index contributed by atoms with van der Waals surface area (Å²) >= 11 is 0. The lowest BCUT2D eigenvalue weighted by Gasteiger charge is -2.20. The molecule has 20 heavy (non-hydrogen) atoms. The van der Waals surface area contributed by atoms with Crippen molar-refractivity contribution in [2.75, 3.05) is 5.73 Å². The summed E-state index contributed by atoms with van der Waals surface area (Å²) in [4.78, 5) is 4.17. The molecule has 0 radical (unpaired) electrons. The quantitative estimate of drug-likeness (QED) is 0.683. The van der Waals surface area contributed by atoms with E-state index in [-0.39, 0.29) is 4.64 Å². The minimum absolute atomic E-state index is 0.183. The number of nitrogen functional groups attached to an aromatic ring is 1. The topological polar surface area (TPSA) is 62.7 Å². The average Bonchev–Trinajstić information content (AvgIpc) is 2.37. The van der Waals surface area contributed by atoms with Crippen LogP contribution in [-0.4, -0.2) is 4.98 Å². The molecule has 0 bridgehead atoms. The van der Waals surface area contributed by atoms with Crippen LogP contribution in [0.1, 0.15) is 16.8 Å². The fraction of sp³-hybridized carbons (Fsp3) is 0.143. The van der Waals surface area contributed by atoms with E-state index in [0.29, 0.717) is 11.4 Å². The first-order valence-electron chi connectivity index (χ1n) is 5.96. The minimum Gasteiger partial charge on any atom is -0.398 e. The van der Waals surface area contributed by atoms with Crippen molar-refractivity contribution in [1.82, 2.24) is 4.98 Å². The number of hydrogen-bond acceptors (Lipinski definition) is 3. The van der Waals surface area contributed by atoms with E-state index in [1.54, 1.807) is 6.20 Å². The van der Waals surface area contributed by atoms with Gasteiger partial charge in [-0.05, 0) is 36.2 Å². The van der Waals surface area contributed by atoms with Crippen LogP contribution in [0.5, 0.6) is 0 Å². The van der Waals surface area contributed by atoms with Crippen molar-refractivity contribution in [3.05, 3.63) is 47.3 Å². The second kappa shape index (κ2) is 5.75. The smallest absolute Gasteiger partial charge is 0.143 e. The van der Waals surface area contributed by atoms with E-state index in [4.69, 9.17) is 11.0 Å². The zero-order valence-electron chi connectivity index (χ0n) is 11.1. The highest BCUT2D eigenvalue weighted by Crippen LogP contribution is 2.46. The number of pyridine rings is 1. The van der Waals surface area contributed by atoms with Gasteiger partial charge in [0.15, 0.2) is 0 Å². The van der Waals surface area contributed by atoms with Crippen LogP contribution < -0.4 is 5.73 Å². The lowest BCUT2D eigenvalue weighted by atomic mass is 10.0. The Hall–Kier alpha value is -1.05. The molecule has 0 aliphatic rings. The summed E-state index contributed by atoms with van der Waals surface area (Å²) in [5.41, 5.74) is 11.0. The van der Waals surface area contributed by atoms with Crippen LogP contribution in [0.4, 0.5) is 5.69 Å². The van der Waals surface area contributed by atoms with E-state index in [1.807, 2.05) is 31.2 Å². The number of benzene rings is 1. The molecule has 2 N–H and O–H groups in total. The van der Waals surface area contributed by atoms with Gasteiger partial charge in [0.25, 0.3) is 0 Å². The second-order valence-electron chi connectivity index (χ2n) is 4.74. The fourth-order valence-electron chi connectivity index (χ4n) is 1.91. The first-order valence-corrected chi connectivity index (χ1v) is 7.70. The predicted molar refractivity (Wildman–Crippen MR) is 94.3 cm³/mol. The van der Waals surface area contributed by atoms with E-state index < -0.39 is 0 Å². The molecule has 0 spiro atoms. The van der Waals surface area contributed by atoms with Crippen molar-refractivity contribution in [2.45, 2.75) is 11.6 Å². The van der Waals surface area contributed by atoms with Gasteiger partial charge in [0, 0.05) is 27.6 Å². The molecule has 1 aromatic heterocycles. The largest absolute Gasteiger partial charge is 0.398 e. The highest BCUT2D eigenvalue weighted by atomic mass is 31.1. The Morgan fingerprint density at radius 2 is 1.95 bits per heavy atom. The third kappa shape index (κ3) is 3.16. The van der Waals surface area contributed by atoms with Gasteiger partial charge in [-0.25, -0.2) is 4.98 Å². The Balaban J connectivity index is 2.58. The summed E-state index contributed by atoms with van der Waals surface area (Å²) in [5.74, 6) is 0. The predicted octanol–water partition coefficient (Wildman–Crippen LogP) is 3.25. The third-order valence-electron chi connectivity index (χ3n) is 3.05. The number of hydrogen-bond donors (Lipinski definition) is 1. The van der Waals surface area contributed by atoms with E-state index in [1.165, 1.54) is 0 Å². The standard InChI is InChI=1S/C14H16N3P3/c1-8-4-9(7-17-13(8)6-15)11-5-10(14(18,19)20)2-3-12(11)16/h2-5,7H,16,18-20H2,1H3. The summed E-state index contributed by atoms with van der Waals surface area (Å²) in [5, 5.41) is 8.94. The number of nitrogens with zero attached hydrogens (tertiary/aromatic N) is 2. The van der Waals surface area contributed by atoms with Crippen LogP contribution in [0.25, 0.3) is 11.1 Å². The monoisotopic (exact) mass is 319 g/mol. The number of nitriles is 1. The number of aryl methyl sites for hydroxylation is 1. The SMILES string of the molecule is Cc1cc(-c2cc(C(P)(P)P)ccc2N)cnc1C#N. The van der Waals surface area contributed by atoms with Crippen molar-refractivity contribution >= 4 is 33.4 Å². The highest BCUT2D eigenvalue weighted by molar-refractivity contribution is 7.56. The first kappa shape index (κ1) is 15.3. The van der Waals surface area contributed by atoms with Crippen molar-refractivity contribution in [3.8, 4) is 17.2 Å². The van der Waals surface area contributed by atoms with Gasteiger partial charge < -0.3 is 5.73 Å². The summed E-state index contributed by atoms with van der Waals surface area (Å²) in [7, 11) is 8.27. The lowest BCUT2D eigenvalue weighted by molar-refractivity contribution is 1.21. The maximum Gasteiger partial charge on any atom is 0.143 e. The van der Waals surface area contributed by atoms with E-state index in [0.717, 1.165) is 22.3 Å². The number of nitrogens with two attached hydrogens (primary N) is 1. The van der Waals surface area contributed by atoms with Crippen molar-refractivity contribution in [2.24, 2.45) is 0 Å². The van der Waals surface area contributed by atoms with Gasteiger partial charge in [-0.1, -0.05) is 6.07 Å². The normalized spacial score (nSPS) is 11.2. The van der Waals surface area contributed by atoms with Crippen LogP contribution in [0.15, 0.2) is 30.5 Å². The van der Waals surface area contributed by atoms with E-state index in [2.05, 4.69) is 38.8 Å². The van der Waals surface area contributed by atoms with Crippen molar-refractivity contribution in [1.29, 1.82) is 5.26 Å². The van der Waals surface area contributed by atoms with Crippen LogP contribution in [0, 0.1) is 18.3 Å².